The summed E-state index contributed by atoms with van der Waals surface area (Å²) >= 11 is 5.99. The van der Waals surface area contributed by atoms with Crippen LogP contribution in [0.4, 0.5) is 0 Å². The Morgan fingerprint density at radius 2 is 1.81 bits per heavy atom. The van der Waals surface area contributed by atoms with Crippen LogP contribution in [-0.4, -0.2) is 61.7 Å². The molecule has 0 bridgehead atoms. The zero-order chi connectivity index (χ0) is 22.2. The van der Waals surface area contributed by atoms with Crippen molar-refractivity contribution in [3.05, 3.63) is 41.4 Å². The van der Waals surface area contributed by atoms with Gasteiger partial charge in [-0.25, -0.2) is 8.42 Å². The molecule has 2 aromatic rings. The van der Waals surface area contributed by atoms with Gasteiger partial charge in [0.25, 0.3) is 0 Å². The molecule has 2 aliphatic rings. The highest BCUT2D eigenvalue weighted by Gasteiger charge is 2.41. The topological polar surface area (TPSA) is 86.8 Å². The van der Waals surface area contributed by atoms with Gasteiger partial charge in [-0.3, -0.25) is 9.59 Å². The van der Waals surface area contributed by atoms with Crippen molar-refractivity contribution in [2.75, 3.05) is 19.6 Å². The quantitative estimate of drug-likeness (QED) is 0.713. The number of rotatable bonds is 6. The highest BCUT2D eigenvalue weighted by molar-refractivity contribution is 7.89. The van der Waals surface area contributed by atoms with E-state index in [0.717, 1.165) is 36.7 Å². The maximum Gasteiger partial charge on any atom is 0.245 e. The van der Waals surface area contributed by atoms with Gasteiger partial charge in [0.15, 0.2) is 0 Å². The minimum Gasteiger partial charge on any atom is -0.341 e. The Hall–Kier alpha value is -2.16. The molecule has 166 valence electrons. The van der Waals surface area contributed by atoms with Crippen LogP contribution >= 0.6 is 11.6 Å². The van der Waals surface area contributed by atoms with Crippen molar-refractivity contribution >= 4 is 44.2 Å². The normalized spacial score (nSPS) is 20.6. The molecule has 2 unspecified atom stereocenters. The first-order valence-electron chi connectivity index (χ1n) is 10.6. The Morgan fingerprint density at radius 3 is 2.52 bits per heavy atom. The lowest BCUT2D eigenvalue weighted by molar-refractivity contribution is -0.143. The van der Waals surface area contributed by atoms with Crippen molar-refractivity contribution in [1.29, 1.82) is 0 Å². The number of likely N-dealkylation sites (tertiary alicyclic amines) is 2. The summed E-state index contributed by atoms with van der Waals surface area (Å²) in [4.78, 5) is 29.3. The average molecular weight is 464 g/mol. The highest BCUT2D eigenvalue weighted by Crippen LogP contribution is 2.25. The molecule has 2 fully saturated rings. The molecule has 0 aromatic heterocycles. The van der Waals surface area contributed by atoms with E-state index in [2.05, 4.69) is 4.72 Å². The van der Waals surface area contributed by atoms with Crippen molar-refractivity contribution in [3.8, 4) is 0 Å². The van der Waals surface area contributed by atoms with E-state index >= 15 is 0 Å². The fourth-order valence-corrected chi connectivity index (χ4v) is 5.85. The molecule has 2 saturated heterocycles. The number of nitrogens with zero attached hydrogens (tertiary/aromatic N) is 2. The van der Waals surface area contributed by atoms with Gasteiger partial charge in [-0.15, -0.1) is 0 Å². The van der Waals surface area contributed by atoms with Crippen molar-refractivity contribution in [3.63, 3.8) is 0 Å². The number of halogens is 1. The number of hydrogen-bond acceptors (Lipinski definition) is 4. The molecule has 4 rings (SSSR count). The van der Waals surface area contributed by atoms with Crippen LogP contribution in [0.5, 0.6) is 0 Å². The van der Waals surface area contributed by atoms with Gasteiger partial charge in [-0.2, -0.15) is 4.72 Å². The van der Waals surface area contributed by atoms with E-state index in [1.807, 2.05) is 6.92 Å². The van der Waals surface area contributed by atoms with E-state index < -0.39 is 22.1 Å². The van der Waals surface area contributed by atoms with Gasteiger partial charge >= 0.3 is 0 Å². The highest BCUT2D eigenvalue weighted by atomic mass is 35.5. The minimum absolute atomic E-state index is 0.0370. The SMILES string of the molecule is CCC(C(=O)N1CCCC1)N1CCC(NS(=O)(=O)c2ccc3cc(Cl)ccc3c2)C1=O. The number of amides is 2. The number of carbonyl (C=O) groups is 2. The second-order valence-electron chi connectivity index (χ2n) is 8.10. The standard InChI is InChI=1S/C22H26ClN3O4S/c1-2-20(22(28)25-10-3-4-11-25)26-12-9-19(21(26)27)24-31(29,30)18-8-6-15-13-17(23)7-5-16(15)14-18/h5-8,13-14,19-20,24H,2-4,9-12H2,1H3. The second-order valence-corrected chi connectivity index (χ2v) is 10.3. The summed E-state index contributed by atoms with van der Waals surface area (Å²) in [6, 6.07) is 8.59. The zero-order valence-electron chi connectivity index (χ0n) is 17.4. The first-order valence-corrected chi connectivity index (χ1v) is 12.5. The predicted molar refractivity (Wildman–Crippen MR) is 119 cm³/mol. The Kier molecular flexibility index (Phi) is 6.23. The average Bonchev–Trinajstić information content (AvgIpc) is 3.40. The van der Waals surface area contributed by atoms with Crippen molar-refractivity contribution in [2.45, 2.75) is 49.6 Å². The number of carbonyl (C=O) groups excluding carboxylic acids is 2. The third-order valence-electron chi connectivity index (χ3n) is 6.09. The molecule has 0 radical (unpaired) electrons. The van der Waals surface area contributed by atoms with E-state index in [1.54, 1.807) is 35.2 Å². The molecule has 7 nitrogen and oxygen atoms in total. The van der Waals surface area contributed by atoms with Crippen LogP contribution in [0.1, 0.15) is 32.6 Å². The molecule has 0 spiro atoms. The van der Waals surface area contributed by atoms with E-state index in [-0.39, 0.29) is 16.7 Å². The van der Waals surface area contributed by atoms with Crippen LogP contribution in [0.2, 0.25) is 5.02 Å². The Labute approximate surface area is 187 Å². The predicted octanol–water partition coefficient (Wildman–Crippen LogP) is 2.77. The maximum absolute atomic E-state index is 13.0. The van der Waals surface area contributed by atoms with Crippen LogP contribution in [-0.2, 0) is 19.6 Å². The van der Waals surface area contributed by atoms with E-state index in [0.29, 0.717) is 24.4 Å². The van der Waals surface area contributed by atoms with Crippen molar-refractivity contribution in [1.82, 2.24) is 14.5 Å². The van der Waals surface area contributed by atoms with Gasteiger partial charge < -0.3 is 9.80 Å². The monoisotopic (exact) mass is 463 g/mol. The van der Waals surface area contributed by atoms with Crippen molar-refractivity contribution in [2.24, 2.45) is 0 Å². The number of fused-ring (bicyclic) bond motifs is 1. The van der Waals surface area contributed by atoms with Gasteiger partial charge in [0.2, 0.25) is 21.8 Å². The molecule has 2 aliphatic heterocycles. The summed E-state index contributed by atoms with van der Waals surface area (Å²) in [6.07, 6.45) is 2.81. The molecule has 2 heterocycles. The first kappa shape index (κ1) is 22.0. The van der Waals surface area contributed by atoms with Crippen LogP contribution < -0.4 is 4.72 Å². The number of sulfonamides is 1. The van der Waals surface area contributed by atoms with Crippen molar-refractivity contribution < 1.29 is 18.0 Å². The molecule has 2 atom stereocenters. The lowest BCUT2D eigenvalue weighted by Gasteiger charge is -2.30. The fourth-order valence-electron chi connectivity index (χ4n) is 4.41. The molecule has 31 heavy (non-hydrogen) atoms. The van der Waals surface area contributed by atoms with Gasteiger partial charge in [0.1, 0.15) is 12.1 Å². The van der Waals surface area contributed by atoms with Gasteiger partial charge in [0.05, 0.1) is 4.90 Å². The minimum atomic E-state index is -3.90. The number of hydrogen-bond donors (Lipinski definition) is 1. The molecule has 2 amide bonds. The van der Waals surface area contributed by atoms with Gasteiger partial charge in [-0.1, -0.05) is 30.7 Å². The molecular weight excluding hydrogens is 438 g/mol. The van der Waals surface area contributed by atoms with E-state index in [9.17, 15) is 18.0 Å². The summed E-state index contributed by atoms with van der Waals surface area (Å²) in [5.41, 5.74) is 0. The molecule has 2 aromatic carbocycles. The lowest BCUT2D eigenvalue weighted by atomic mass is 10.1. The molecule has 0 aliphatic carbocycles. The summed E-state index contributed by atoms with van der Waals surface area (Å²) in [5.74, 6) is -0.374. The lowest BCUT2D eigenvalue weighted by Crippen LogP contribution is -2.50. The largest absolute Gasteiger partial charge is 0.341 e. The summed E-state index contributed by atoms with van der Waals surface area (Å²) in [7, 11) is -3.90. The summed E-state index contributed by atoms with van der Waals surface area (Å²) in [6.45, 7) is 3.69. The van der Waals surface area contributed by atoms with Crippen LogP contribution in [0.25, 0.3) is 10.8 Å². The Morgan fingerprint density at radius 1 is 1.13 bits per heavy atom. The zero-order valence-corrected chi connectivity index (χ0v) is 19.0. The summed E-state index contributed by atoms with van der Waals surface area (Å²) < 4.78 is 28.4. The smallest absolute Gasteiger partial charge is 0.245 e. The van der Waals surface area contributed by atoms with E-state index in [4.69, 9.17) is 11.6 Å². The second kappa shape index (κ2) is 8.76. The number of benzene rings is 2. The fraction of sp³-hybridized carbons (Fsp3) is 0.455. The third-order valence-corrected chi connectivity index (χ3v) is 7.79. The number of nitrogens with one attached hydrogen (secondary N) is 1. The molecule has 1 N–H and O–H groups in total. The van der Waals surface area contributed by atoms with Gasteiger partial charge in [-0.05, 0) is 60.7 Å². The van der Waals surface area contributed by atoms with Crippen LogP contribution in [0.15, 0.2) is 41.3 Å². The van der Waals surface area contributed by atoms with Crippen LogP contribution in [0, 0.1) is 0 Å². The Balaban J connectivity index is 1.49. The van der Waals surface area contributed by atoms with Crippen LogP contribution in [0.3, 0.4) is 0 Å². The molecule has 0 saturated carbocycles. The first-order chi connectivity index (χ1) is 14.8. The third kappa shape index (κ3) is 4.42. The van der Waals surface area contributed by atoms with E-state index in [1.165, 1.54) is 11.0 Å². The molecule has 9 heteroatoms. The summed E-state index contributed by atoms with van der Waals surface area (Å²) in [5, 5.41) is 2.15. The Bertz CT molecular complexity index is 1110. The molecular formula is C22H26ClN3O4S. The maximum atomic E-state index is 13.0. The van der Waals surface area contributed by atoms with Gasteiger partial charge in [0, 0.05) is 24.7 Å².